The van der Waals surface area contributed by atoms with Crippen LogP contribution in [0.3, 0.4) is 0 Å². The Morgan fingerprint density at radius 2 is 1.57 bits per heavy atom. The Kier molecular flexibility index (Phi) is 10.8. The highest BCUT2D eigenvalue weighted by atomic mass is 35.5. The van der Waals surface area contributed by atoms with Gasteiger partial charge in [-0.3, -0.25) is 14.4 Å². The summed E-state index contributed by atoms with van der Waals surface area (Å²) < 4.78 is 0. The van der Waals surface area contributed by atoms with Crippen LogP contribution in [0.25, 0.3) is 0 Å². The van der Waals surface area contributed by atoms with Gasteiger partial charge in [0, 0.05) is 31.6 Å². The molecule has 2 N–H and O–H groups in total. The van der Waals surface area contributed by atoms with Gasteiger partial charge in [-0.25, -0.2) is 0 Å². The van der Waals surface area contributed by atoms with E-state index in [1.54, 1.807) is 18.9 Å². The lowest BCUT2D eigenvalue weighted by atomic mass is 9.78. The van der Waals surface area contributed by atoms with E-state index in [0.29, 0.717) is 24.4 Å². The van der Waals surface area contributed by atoms with E-state index in [1.807, 2.05) is 78.9 Å². The van der Waals surface area contributed by atoms with Gasteiger partial charge in [0.1, 0.15) is 12.6 Å². The first-order chi connectivity index (χ1) is 20.3. The second-order valence-electron chi connectivity index (χ2n) is 11.0. The minimum Gasteiger partial charge on any atom is -0.354 e. The van der Waals surface area contributed by atoms with E-state index < -0.39 is 11.6 Å². The molecule has 8 heteroatoms. The number of benzene rings is 3. The molecule has 3 amide bonds. The first-order valence-corrected chi connectivity index (χ1v) is 15.1. The molecule has 0 radical (unpaired) electrons. The molecule has 1 aliphatic rings. The number of unbranched alkanes of at least 4 members (excludes halogenated alkanes) is 1. The van der Waals surface area contributed by atoms with Crippen molar-refractivity contribution in [1.82, 2.24) is 20.4 Å². The maximum absolute atomic E-state index is 14.5. The summed E-state index contributed by atoms with van der Waals surface area (Å²) in [6, 6.07) is 24.3. The quantitative estimate of drug-likeness (QED) is 0.283. The highest BCUT2D eigenvalue weighted by Gasteiger charge is 2.55. The first kappa shape index (κ1) is 31.3. The number of rotatable bonds is 13. The van der Waals surface area contributed by atoms with Gasteiger partial charge >= 0.3 is 0 Å². The summed E-state index contributed by atoms with van der Waals surface area (Å²) >= 11 is 5.97. The summed E-state index contributed by atoms with van der Waals surface area (Å²) in [6.07, 6.45) is 3.17. The minimum absolute atomic E-state index is 0.198. The molecule has 2 atom stereocenters. The normalized spacial score (nSPS) is 18.8. The molecule has 0 saturated carbocycles. The van der Waals surface area contributed by atoms with E-state index in [-0.39, 0.29) is 24.3 Å². The Bertz CT molecular complexity index is 1350. The molecule has 222 valence electrons. The van der Waals surface area contributed by atoms with Crippen LogP contribution in [-0.2, 0) is 39.3 Å². The van der Waals surface area contributed by atoms with Crippen LogP contribution >= 0.6 is 11.6 Å². The number of carbonyl (C=O) groups excluding carboxylic acids is 3. The van der Waals surface area contributed by atoms with Gasteiger partial charge in [0.2, 0.25) is 11.8 Å². The second kappa shape index (κ2) is 14.5. The zero-order valence-electron chi connectivity index (χ0n) is 24.7. The third-order valence-corrected chi connectivity index (χ3v) is 8.33. The molecule has 0 bridgehead atoms. The number of halogens is 1. The largest absolute Gasteiger partial charge is 0.354 e. The van der Waals surface area contributed by atoms with Crippen LogP contribution in [0.4, 0.5) is 0 Å². The molecular weight excluding hydrogens is 548 g/mol. The van der Waals surface area contributed by atoms with Crippen molar-refractivity contribution in [2.75, 3.05) is 26.7 Å². The van der Waals surface area contributed by atoms with Crippen molar-refractivity contribution in [1.29, 1.82) is 0 Å². The van der Waals surface area contributed by atoms with Crippen molar-refractivity contribution in [2.24, 2.45) is 0 Å². The number of carbonyl (C=O) groups is 3. The molecule has 1 aliphatic heterocycles. The summed E-state index contributed by atoms with van der Waals surface area (Å²) in [6.45, 7) is 5.74. The van der Waals surface area contributed by atoms with Gasteiger partial charge in [0.15, 0.2) is 5.54 Å². The van der Waals surface area contributed by atoms with Crippen molar-refractivity contribution in [2.45, 2.75) is 57.7 Å². The van der Waals surface area contributed by atoms with Crippen LogP contribution in [0.15, 0.2) is 78.9 Å². The van der Waals surface area contributed by atoms with Gasteiger partial charge in [-0.1, -0.05) is 91.7 Å². The van der Waals surface area contributed by atoms with Crippen molar-refractivity contribution < 1.29 is 14.4 Å². The van der Waals surface area contributed by atoms with Crippen LogP contribution < -0.4 is 10.6 Å². The van der Waals surface area contributed by atoms with E-state index in [9.17, 15) is 14.4 Å². The molecule has 1 saturated heterocycles. The monoisotopic (exact) mass is 588 g/mol. The average molecular weight is 589 g/mol. The first-order valence-electron chi connectivity index (χ1n) is 14.7. The van der Waals surface area contributed by atoms with E-state index in [2.05, 4.69) is 17.6 Å². The Morgan fingerprint density at radius 1 is 0.905 bits per heavy atom. The van der Waals surface area contributed by atoms with Crippen molar-refractivity contribution in [3.8, 4) is 0 Å². The summed E-state index contributed by atoms with van der Waals surface area (Å²) in [5.41, 5.74) is 2.52. The predicted octanol–water partition coefficient (Wildman–Crippen LogP) is 4.72. The molecule has 0 unspecified atom stereocenters. The zero-order valence-corrected chi connectivity index (χ0v) is 25.5. The summed E-state index contributed by atoms with van der Waals surface area (Å²) in [5.74, 6) is -0.768. The average Bonchev–Trinajstić information content (AvgIpc) is 3.00. The van der Waals surface area contributed by atoms with Gasteiger partial charge in [-0.05, 0) is 60.7 Å². The van der Waals surface area contributed by atoms with E-state index in [0.717, 1.165) is 48.2 Å². The van der Waals surface area contributed by atoms with Gasteiger partial charge in [0.05, 0.1) is 0 Å². The molecule has 1 fully saturated rings. The zero-order chi connectivity index (χ0) is 30.1. The molecular formula is C34H41ClN4O3. The third-order valence-electron chi connectivity index (χ3n) is 8.08. The van der Waals surface area contributed by atoms with Crippen molar-refractivity contribution >= 4 is 29.3 Å². The molecule has 42 heavy (non-hydrogen) atoms. The molecule has 4 rings (SSSR count). The Balaban J connectivity index is 1.58. The van der Waals surface area contributed by atoms with E-state index in [1.165, 1.54) is 4.90 Å². The smallest absolute Gasteiger partial charge is 0.254 e. The number of hydrogen-bond donors (Lipinski definition) is 2. The van der Waals surface area contributed by atoms with Crippen LogP contribution in [0.2, 0.25) is 5.02 Å². The summed E-state index contributed by atoms with van der Waals surface area (Å²) in [7, 11) is 1.70. The molecule has 7 nitrogen and oxygen atoms in total. The predicted molar refractivity (Wildman–Crippen MR) is 167 cm³/mol. The summed E-state index contributed by atoms with van der Waals surface area (Å²) in [5, 5.41) is 7.02. The Labute approximate surface area is 254 Å². The lowest BCUT2D eigenvalue weighted by molar-refractivity contribution is -0.170. The number of nitrogens with zero attached hydrogens (tertiary/aromatic N) is 2. The number of nitrogens with one attached hydrogen (secondary N) is 2. The summed E-state index contributed by atoms with van der Waals surface area (Å²) in [4.78, 5) is 44.3. The lowest BCUT2D eigenvalue weighted by Gasteiger charge is -2.50. The second-order valence-corrected chi connectivity index (χ2v) is 11.4. The van der Waals surface area contributed by atoms with Crippen LogP contribution in [0.1, 0.15) is 48.9 Å². The van der Waals surface area contributed by atoms with Crippen LogP contribution in [0.5, 0.6) is 0 Å². The van der Waals surface area contributed by atoms with Gasteiger partial charge < -0.3 is 20.4 Å². The number of amides is 3. The fraction of sp³-hybridized carbons (Fsp3) is 0.382. The fourth-order valence-corrected chi connectivity index (χ4v) is 5.64. The SMILES string of the molecule is CCCCNCc1ccc([C@@]2(Cc3ccccc3)C(=O)N(CC(=O)NCCc3ccc(Cl)cc3)[C@@H](C)C(=O)N2C)cc1. The van der Waals surface area contributed by atoms with Gasteiger partial charge in [-0.2, -0.15) is 0 Å². The maximum Gasteiger partial charge on any atom is 0.254 e. The number of likely N-dealkylation sites (N-methyl/N-ethyl adjacent to an activating group) is 1. The van der Waals surface area contributed by atoms with E-state index >= 15 is 0 Å². The van der Waals surface area contributed by atoms with Gasteiger partial charge in [0.25, 0.3) is 5.91 Å². The van der Waals surface area contributed by atoms with Gasteiger partial charge in [-0.15, -0.1) is 0 Å². The van der Waals surface area contributed by atoms with Crippen molar-refractivity contribution in [3.63, 3.8) is 0 Å². The highest BCUT2D eigenvalue weighted by Crippen LogP contribution is 2.38. The number of piperazine rings is 1. The Morgan fingerprint density at radius 3 is 2.24 bits per heavy atom. The minimum atomic E-state index is -1.29. The topological polar surface area (TPSA) is 81.8 Å². The van der Waals surface area contributed by atoms with E-state index in [4.69, 9.17) is 11.6 Å². The molecule has 0 aromatic heterocycles. The number of hydrogen-bond acceptors (Lipinski definition) is 4. The molecule has 3 aromatic carbocycles. The molecule has 3 aromatic rings. The maximum atomic E-state index is 14.5. The standard InChI is InChI=1S/C34H41ClN4O3/c1-4-5-20-36-23-28-11-15-29(16-12-28)34(22-27-9-7-6-8-10-27)33(42)39(25(2)32(41)38(34)3)24-31(40)37-21-19-26-13-17-30(35)18-14-26/h6-18,25,36H,4-5,19-24H2,1-3H3,(H,37,40)/t25-,34-/m0/s1. The highest BCUT2D eigenvalue weighted by molar-refractivity contribution is 6.30. The molecule has 0 aliphatic carbocycles. The lowest BCUT2D eigenvalue weighted by Crippen LogP contribution is -2.69. The molecule has 0 spiro atoms. The van der Waals surface area contributed by atoms with Crippen LogP contribution in [0, 0.1) is 0 Å². The Hall–Kier alpha value is -3.68. The van der Waals surface area contributed by atoms with Crippen molar-refractivity contribution in [3.05, 3.63) is 106 Å². The fourth-order valence-electron chi connectivity index (χ4n) is 5.51. The van der Waals surface area contributed by atoms with Crippen LogP contribution in [-0.4, -0.2) is 60.2 Å². The molecule has 1 heterocycles. The third kappa shape index (κ3) is 7.20.